The van der Waals surface area contributed by atoms with Gasteiger partial charge in [-0.05, 0) is 64.8 Å². The number of thiazole rings is 1. The standard InChI is InChI=1S/C22H21BrClN3O4S/c1-3-30-21(28)10-17-13-32-22(26-17)27-25-11-14-4-6-19(29-2)15(8-14)12-31-20-7-5-16(24)9-18(20)23/h4-9,11,13H,3,10,12H2,1-2H3,(H,26,27). The highest BCUT2D eigenvalue weighted by Gasteiger charge is 2.09. The van der Waals surface area contributed by atoms with Gasteiger partial charge in [0.2, 0.25) is 5.13 Å². The molecule has 0 saturated carbocycles. The predicted octanol–water partition coefficient (Wildman–Crippen LogP) is 5.70. The Morgan fingerprint density at radius 2 is 2.09 bits per heavy atom. The van der Waals surface area contributed by atoms with Crippen molar-refractivity contribution in [1.29, 1.82) is 0 Å². The van der Waals surface area contributed by atoms with Crippen molar-refractivity contribution in [1.82, 2.24) is 4.98 Å². The first-order valence-corrected chi connectivity index (χ1v) is 11.7. The zero-order chi connectivity index (χ0) is 22.9. The molecule has 0 spiro atoms. The van der Waals surface area contributed by atoms with E-state index in [1.165, 1.54) is 11.3 Å². The Labute approximate surface area is 203 Å². The number of ether oxygens (including phenoxy) is 3. The van der Waals surface area contributed by atoms with E-state index in [1.807, 2.05) is 18.2 Å². The smallest absolute Gasteiger partial charge is 0.311 e. The number of hydrogen-bond acceptors (Lipinski definition) is 8. The Bertz CT molecular complexity index is 1110. The first-order valence-electron chi connectivity index (χ1n) is 9.62. The fraction of sp³-hybridized carbons (Fsp3) is 0.227. The van der Waals surface area contributed by atoms with Crippen molar-refractivity contribution in [2.24, 2.45) is 5.10 Å². The van der Waals surface area contributed by atoms with E-state index in [-0.39, 0.29) is 12.4 Å². The monoisotopic (exact) mass is 537 g/mol. The van der Waals surface area contributed by atoms with E-state index in [9.17, 15) is 4.79 Å². The molecule has 3 aromatic rings. The van der Waals surface area contributed by atoms with Gasteiger partial charge in [-0.25, -0.2) is 4.98 Å². The highest BCUT2D eigenvalue weighted by Crippen LogP contribution is 2.30. The van der Waals surface area contributed by atoms with Gasteiger partial charge in [-0.15, -0.1) is 11.3 Å². The van der Waals surface area contributed by atoms with Gasteiger partial charge in [-0.1, -0.05) is 11.6 Å². The van der Waals surface area contributed by atoms with Gasteiger partial charge in [0.25, 0.3) is 0 Å². The number of nitrogens with zero attached hydrogens (tertiary/aromatic N) is 2. The largest absolute Gasteiger partial charge is 0.496 e. The quantitative estimate of drug-likeness (QED) is 0.203. The lowest BCUT2D eigenvalue weighted by Crippen LogP contribution is -2.07. The summed E-state index contributed by atoms with van der Waals surface area (Å²) in [6.07, 6.45) is 1.81. The molecule has 168 valence electrons. The normalized spacial score (nSPS) is 10.9. The number of halogens is 2. The maximum absolute atomic E-state index is 11.5. The molecular weight excluding hydrogens is 518 g/mol. The zero-order valence-corrected chi connectivity index (χ0v) is 20.6. The molecule has 3 rings (SSSR count). The maximum atomic E-state index is 11.5. The van der Waals surface area contributed by atoms with E-state index in [4.69, 9.17) is 25.8 Å². The summed E-state index contributed by atoms with van der Waals surface area (Å²) in [4.78, 5) is 15.9. The Morgan fingerprint density at radius 1 is 1.28 bits per heavy atom. The van der Waals surface area contributed by atoms with Crippen molar-refractivity contribution in [3.63, 3.8) is 0 Å². The molecular formula is C22H21BrClN3O4S. The number of benzene rings is 2. The van der Waals surface area contributed by atoms with Gasteiger partial charge >= 0.3 is 5.97 Å². The van der Waals surface area contributed by atoms with Crippen LogP contribution in [0.4, 0.5) is 5.13 Å². The van der Waals surface area contributed by atoms with Crippen LogP contribution in [0.1, 0.15) is 23.7 Å². The summed E-state index contributed by atoms with van der Waals surface area (Å²) < 4.78 is 17.1. The topological polar surface area (TPSA) is 82.0 Å². The van der Waals surface area contributed by atoms with Gasteiger partial charge in [-0.2, -0.15) is 5.10 Å². The van der Waals surface area contributed by atoms with E-state index in [1.54, 1.807) is 43.8 Å². The van der Waals surface area contributed by atoms with E-state index < -0.39 is 0 Å². The van der Waals surface area contributed by atoms with Gasteiger partial charge in [0.1, 0.15) is 18.1 Å². The molecule has 7 nitrogen and oxygen atoms in total. The Balaban J connectivity index is 1.62. The van der Waals surface area contributed by atoms with Crippen LogP contribution < -0.4 is 14.9 Å². The Kier molecular flexibility index (Phi) is 8.90. The van der Waals surface area contributed by atoms with E-state index in [0.717, 1.165) is 15.6 Å². The lowest BCUT2D eigenvalue weighted by molar-refractivity contribution is -0.142. The van der Waals surface area contributed by atoms with Gasteiger partial charge in [0, 0.05) is 16.0 Å². The van der Waals surface area contributed by atoms with Crippen molar-refractivity contribution in [2.45, 2.75) is 20.0 Å². The Hall–Kier alpha value is -2.62. The SMILES string of the molecule is CCOC(=O)Cc1csc(NN=Cc2ccc(OC)c(COc3ccc(Cl)cc3Br)c2)n1. The lowest BCUT2D eigenvalue weighted by Gasteiger charge is -2.12. The fourth-order valence-electron chi connectivity index (χ4n) is 2.70. The van der Waals surface area contributed by atoms with Crippen LogP contribution in [-0.4, -0.2) is 30.9 Å². The third kappa shape index (κ3) is 6.94. The molecule has 0 aliphatic carbocycles. The summed E-state index contributed by atoms with van der Waals surface area (Å²) in [6, 6.07) is 11.0. The fourth-order valence-corrected chi connectivity index (χ4v) is 4.16. The van der Waals surface area contributed by atoms with Crippen LogP contribution in [0.5, 0.6) is 11.5 Å². The molecule has 0 aliphatic heterocycles. The Morgan fingerprint density at radius 3 is 2.84 bits per heavy atom. The lowest BCUT2D eigenvalue weighted by atomic mass is 10.1. The van der Waals surface area contributed by atoms with Gasteiger partial charge in [0.15, 0.2) is 0 Å². The molecule has 0 fully saturated rings. The van der Waals surface area contributed by atoms with Crippen LogP contribution in [0, 0.1) is 0 Å². The molecule has 0 bridgehead atoms. The molecule has 1 N–H and O–H groups in total. The van der Waals surface area contributed by atoms with Crippen LogP contribution in [0.15, 0.2) is 51.4 Å². The van der Waals surface area contributed by atoms with Gasteiger partial charge in [0.05, 0.1) is 36.5 Å². The van der Waals surface area contributed by atoms with Crippen LogP contribution in [0.25, 0.3) is 0 Å². The number of aromatic nitrogens is 1. The van der Waals surface area contributed by atoms with E-state index >= 15 is 0 Å². The average Bonchev–Trinajstić information content (AvgIpc) is 3.20. The van der Waals surface area contributed by atoms with Crippen LogP contribution >= 0.6 is 38.9 Å². The molecule has 1 heterocycles. The molecule has 0 aliphatic rings. The molecule has 32 heavy (non-hydrogen) atoms. The van der Waals surface area contributed by atoms with Crippen molar-refractivity contribution in [2.75, 3.05) is 19.1 Å². The third-order valence-electron chi connectivity index (χ3n) is 4.14. The van der Waals surface area contributed by atoms with Crippen LogP contribution in [0.3, 0.4) is 0 Å². The summed E-state index contributed by atoms with van der Waals surface area (Å²) in [5.74, 6) is 1.09. The second kappa shape index (κ2) is 11.8. The number of nitrogens with one attached hydrogen (secondary N) is 1. The summed E-state index contributed by atoms with van der Waals surface area (Å²) in [7, 11) is 1.61. The van der Waals surface area contributed by atoms with Crippen molar-refractivity contribution < 1.29 is 19.0 Å². The summed E-state index contributed by atoms with van der Waals surface area (Å²) in [5.41, 5.74) is 5.24. The van der Waals surface area contributed by atoms with Gasteiger partial charge in [-0.3, -0.25) is 10.2 Å². The average molecular weight is 539 g/mol. The number of anilines is 1. The van der Waals surface area contributed by atoms with Crippen LogP contribution in [-0.2, 0) is 22.6 Å². The third-order valence-corrected chi connectivity index (χ3v) is 5.79. The molecule has 0 saturated heterocycles. The van der Waals surface area contributed by atoms with E-state index in [2.05, 4.69) is 31.4 Å². The number of hydrogen-bond donors (Lipinski definition) is 1. The number of rotatable bonds is 10. The molecule has 0 radical (unpaired) electrons. The van der Waals surface area contributed by atoms with Gasteiger partial charge < -0.3 is 14.2 Å². The van der Waals surface area contributed by atoms with E-state index in [0.29, 0.717) is 40.6 Å². The highest BCUT2D eigenvalue weighted by molar-refractivity contribution is 9.10. The predicted molar refractivity (Wildman–Crippen MR) is 130 cm³/mol. The first kappa shape index (κ1) is 24.0. The number of methoxy groups -OCH3 is 1. The second-order valence-electron chi connectivity index (χ2n) is 6.43. The molecule has 1 aromatic heterocycles. The summed E-state index contributed by atoms with van der Waals surface area (Å²) in [5, 5.41) is 7.24. The number of esters is 1. The van der Waals surface area contributed by atoms with Crippen molar-refractivity contribution in [3.05, 3.63) is 68.1 Å². The second-order valence-corrected chi connectivity index (χ2v) is 8.58. The maximum Gasteiger partial charge on any atom is 0.311 e. The molecule has 10 heteroatoms. The van der Waals surface area contributed by atoms with Crippen molar-refractivity contribution in [3.8, 4) is 11.5 Å². The summed E-state index contributed by atoms with van der Waals surface area (Å²) in [6.45, 7) is 2.43. The van der Waals surface area contributed by atoms with Crippen molar-refractivity contribution >= 4 is 56.2 Å². The molecule has 0 atom stereocenters. The number of carbonyl (C=O) groups is 1. The minimum Gasteiger partial charge on any atom is -0.496 e. The molecule has 0 unspecified atom stereocenters. The molecule has 2 aromatic carbocycles. The zero-order valence-electron chi connectivity index (χ0n) is 17.4. The summed E-state index contributed by atoms with van der Waals surface area (Å²) >= 11 is 10.8. The minimum atomic E-state index is -0.300. The molecule has 0 amide bonds. The number of carbonyl (C=O) groups excluding carboxylic acids is 1. The first-order chi connectivity index (χ1) is 15.5. The number of hydrazone groups is 1. The highest BCUT2D eigenvalue weighted by atomic mass is 79.9. The van der Waals surface area contributed by atoms with Crippen LogP contribution in [0.2, 0.25) is 5.02 Å². The minimum absolute atomic E-state index is 0.140.